The lowest BCUT2D eigenvalue weighted by Crippen LogP contribution is -2.21. The van der Waals surface area contributed by atoms with Crippen molar-refractivity contribution < 1.29 is 9.47 Å². The molecule has 0 bridgehead atoms. The number of aryl methyl sites for hydroxylation is 1. The van der Waals surface area contributed by atoms with E-state index in [2.05, 4.69) is 29.7 Å². The molecule has 1 aliphatic heterocycles. The Balaban J connectivity index is 1.75. The summed E-state index contributed by atoms with van der Waals surface area (Å²) in [7, 11) is 3.27. The molecular formula is C25H21N3O2. The Hall–Kier alpha value is -3.78. The minimum absolute atomic E-state index is 0.00249. The first-order chi connectivity index (χ1) is 14.6. The zero-order valence-electron chi connectivity index (χ0n) is 17.1. The van der Waals surface area contributed by atoms with Crippen LogP contribution in [0.5, 0.6) is 11.5 Å². The number of hydrogen-bond donors (Lipinski definition) is 0. The lowest BCUT2D eigenvalue weighted by Gasteiger charge is -2.30. The van der Waals surface area contributed by atoms with Crippen molar-refractivity contribution >= 4 is 10.9 Å². The second-order valence-corrected chi connectivity index (χ2v) is 7.56. The van der Waals surface area contributed by atoms with Crippen LogP contribution >= 0.6 is 0 Å². The number of pyridine rings is 1. The van der Waals surface area contributed by atoms with Gasteiger partial charge in [-0.3, -0.25) is 4.98 Å². The van der Waals surface area contributed by atoms with Crippen molar-refractivity contribution in [3.8, 4) is 28.8 Å². The third-order valence-corrected chi connectivity index (χ3v) is 5.92. The number of ether oxygens (including phenoxy) is 2. The van der Waals surface area contributed by atoms with Crippen LogP contribution in [0.3, 0.4) is 0 Å². The zero-order valence-corrected chi connectivity index (χ0v) is 17.1. The first-order valence-electron chi connectivity index (χ1n) is 9.87. The highest BCUT2D eigenvalue weighted by Crippen LogP contribution is 2.44. The van der Waals surface area contributed by atoms with Gasteiger partial charge in [0.1, 0.15) is 6.07 Å². The van der Waals surface area contributed by atoms with Gasteiger partial charge in [0, 0.05) is 17.1 Å². The summed E-state index contributed by atoms with van der Waals surface area (Å²) in [6.45, 7) is 2.10. The molecule has 0 radical (unpaired) electrons. The fourth-order valence-electron chi connectivity index (χ4n) is 4.50. The maximum absolute atomic E-state index is 9.75. The Morgan fingerprint density at radius 3 is 2.60 bits per heavy atom. The molecule has 2 aromatic heterocycles. The molecule has 0 saturated carbocycles. The van der Waals surface area contributed by atoms with E-state index in [9.17, 15) is 5.26 Å². The van der Waals surface area contributed by atoms with E-state index in [-0.39, 0.29) is 6.04 Å². The van der Waals surface area contributed by atoms with Crippen LogP contribution < -0.4 is 9.47 Å². The fourth-order valence-corrected chi connectivity index (χ4v) is 4.50. The van der Waals surface area contributed by atoms with Gasteiger partial charge < -0.3 is 14.0 Å². The predicted octanol–water partition coefficient (Wildman–Crippen LogP) is 5.05. The van der Waals surface area contributed by atoms with E-state index < -0.39 is 0 Å². The minimum Gasteiger partial charge on any atom is -0.493 e. The van der Waals surface area contributed by atoms with E-state index in [1.54, 1.807) is 14.2 Å². The molecule has 4 aromatic rings. The van der Waals surface area contributed by atoms with Crippen molar-refractivity contribution in [2.24, 2.45) is 0 Å². The maximum atomic E-state index is 9.75. The van der Waals surface area contributed by atoms with E-state index >= 15 is 0 Å². The number of methoxy groups -OCH3 is 2. The van der Waals surface area contributed by atoms with E-state index in [0.717, 1.165) is 45.4 Å². The van der Waals surface area contributed by atoms with Gasteiger partial charge in [-0.2, -0.15) is 5.26 Å². The molecule has 0 fully saturated rings. The van der Waals surface area contributed by atoms with Crippen LogP contribution in [-0.2, 0) is 6.42 Å². The molecule has 30 heavy (non-hydrogen) atoms. The number of hydrogen-bond acceptors (Lipinski definition) is 4. The Bertz CT molecular complexity index is 1330. The number of rotatable bonds is 3. The van der Waals surface area contributed by atoms with Gasteiger partial charge in [-0.1, -0.05) is 18.2 Å². The van der Waals surface area contributed by atoms with E-state index in [4.69, 9.17) is 14.5 Å². The van der Waals surface area contributed by atoms with Gasteiger partial charge in [0.15, 0.2) is 11.5 Å². The number of nitrogens with zero attached hydrogens (tertiary/aromatic N) is 3. The highest BCUT2D eigenvalue weighted by atomic mass is 16.5. The van der Waals surface area contributed by atoms with Crippen LogP contribution in [0.2, 0.25) is 0 Å². The van der Waals surface area contributed by atoms with Gasteiger partial charge in [-0.15, -0.1) is 0 Å². The fraction of sp³-hybridized carbons (Fsp3) is 0.200. The first-order valence-corrected chi connectivity index (χ1v) is 9.87. The summed E-state index contributed by atoms with van der Waals surface area (Å²) < 4.78 is 13.2. The summed E-state index contributed by atoms with van der Waals surface area (Å²) in [5, 5.41) is 10.9. The molecule has 0 N–H and O–H groups in total. The molecular weight excluding hydrogens is 374 g/mol. The molecule has 1 atom stereocenters. The molecule has 1 aliphatic rings. The molecule has 3 heterocycles. The molecule has 5 nitrogen and oxygen atoms in total. The van der Waals surface area contributed by atoms with Crippen molar-refractivity contribution in [1.82, 2.24) is 9.55 Å². The van der Waals surface area contributed by atoms with Crippen LogP contribution in [0, 0.1) is 18.3 Å². The van der Waals surface area contributed by atoms with Crippen molar-refractivity contribution in [1.29, 1.82) is 5.26 Å². The summed E-state index contributed by atoms with van der Waals surface area (Å²) in [4.78, 5) is 5.02. The molecule has 0 saturated heterocycles. The normalized spacial score (nSPS) is 14.7. The number of fused-ring (bicyclic) bond motifs is 4. The largest absolute Gasteiger partial charge is 0.493 e. The van der Waals surface area contributed by atoms with E-state index in [0.29, 0.717) is 17.1 Å². The van der Waals surface area contributed by atoms with E-state index in [1.807, 2.05) is 42.6 Å². The molecule has 0 spiro atoms. The average molecular weight is 395 g/mol. The Kier molecular flexibility index (Phi) is 4.22. The van der Waals surface area contributed by atoms with Crippen LogP contribution in [0.1, 0.15) is 28.4 Å². The lowest BCUT2D eigenvalue weighted by atomic mass is 9.89. The van der Waals surface area contributed by atoms with Crippen molar-refractivity contribution in [3.63, 3.8) is 0 Å². The highest BCUT2D eigenvalue weighted by molar-refractivity contribution is 5.80. The molecule has 148 valence electrons. The summed E-state index contributed by atoms with van der Waals surface area (Å²) in [6, 6.07) is 18.6. The Morgan fingerprint density at radius 2 is 1.83 bits per heavy atom. The predicted molar refractivity (Wildman–Crippen MR) is 116 cm³/mol. The third kappa shape index (κ3) is 2.65. The van der Waals surface area contributed by atoms with E-state index in [1.165, 1.54) is 0 Å². The lowest BCUT2D eigenvalue weighted by molar-refractivity contribution is 0.354. The first kappa shape index (κ1) is 18.3. The minimum atomic E-state index is -0.00249. The van der Waals surface area contributed by atoms with Crippen LogP contribution in [0.4, 0.5) is 0 Å². The number of para-hydroxylation sites is 1. The third-order valence-electron chi connectivity index (χ3n) is 5.92. The standard InChI is InChI=1S/C25H21N3O2/c1-15-10-16-6-4-5-7-20(16)27-24(15)21-11-18-12-22(29-2)23(30-3)13-19(18)25-17(14-26)8-9-28(21)25/h4-10,12-13,21H,11H2,1-3H3. The second kappa shape index (κ2) is 6.93. The number of nitriles is 1. The molecule has 0 amide bonds. The topological polar surface area (TPSA) is 60.1 Å². The van der Waals surface area contributed by atoms with Crippen molar-refractivity contribution in [2.45, 2.75) is 19.4 Å². The number of aromatic nitrogens is 2. The highest BCUT2D eigenvalue weighted by Gasteiger charge is 2.31. The van der Waals surface area contributed by atoms with Gasteiger partial charge in [0.2, 0.25) is 0 Å². The number of benzene rings is 2. The van der Waals surface area contributed by atoms with Crippen LogP contribution in [-0.4, -0.2) is 23.8 Å². The summed E-state index contributed by atoms with van der Waals surface area (Å²) in [5.41, 5.74) is 6.81. The van der Waals surface area contributed by atoms with Crippen molar-refractivity contribution in [2.75, 3.05) is 14.2 Å². The van der Waals surface area contributed by atoms with Gasteiger partial charge >= 0.3 is 0 Å². The molecule has 2 aromatic carbocycles. The van der Waals surface area contributed by atoms with Crippen LogP contribution in [0.25, 0.3) is 22.2 Å². The van der Waals surface area contributed by atoms with Gasteiger partial charge in [-0.05, 0) is 54.8 Å². The smallest absolute Gasteiger partial charge is 0.161 e. The summed E-state index contributed by atoms with van der Waals surface area (Å²) in [6.07, 6.45) is 2.75. The summed E-state index contributed by atoms with van der Waals surface area (Å²) >= 11 is 0. The molecule has 5 rings (SSSR count). The monoisotopic (exact) mass is 395 g/mol. The SMILES string of the molecule is COc1cc2c(cc1OC)-c1c(C#N)ccn1C(c1nc3ccccc3cc1C)C2. The average Bonchev–Trinajstić information content (AvgIpc) is 3.21. The Labute approximate surface area is 175 Å². The van der Waals surface area contributed by atoms with Crippen molar-refractivity contribution in [3.05, 3.63) is 77.1 Å². The van der Waals surface area contributed by atoms with Gasteiger partial charge in [0.25, 0.3) is 0 Å². The van der Waals surface area contributed by atoms with Crippen LogP contribution in [0.15, 0.2) is 54.7 Å². The molecule has 5 heteroatoms. The zero-order chi connectivity index (χ0) is 20.8. The Morgan fingerprint density at radius 1 is 1.07 bits per heavy atom. The van der Waals surface area contributed by atoms with Gasteiger partial charge in [0.05, 0.1) is 42.7 Å². The summed E-state index contributed by atoms with van der Waals surface area (Å²) in [5.74, 6) is 1.35. The molecule has 0 aliphatic carbocycles. The quantitative estimate of drug-likeness (QED) is 0.487. The molecule has 1 unspecified atom stereocenters. The second-order valence-electron chi connectivity index (χ2n) is 7.56. The van der Waals surface area contributed by atoms with Gasteiger partial charge in [-0.25, -0.2) is 0 Å². The maximum Gasteiger partial charge on any atom is 0.161 e.